The summed E-state index contributed by atoms with van der Waals surface area (Å²) in [6.07, 6.45) is 14.1. The Bertz CT molecular complexity index is 711. The Morgan fingerprint density at radius 3 is 2.47 bits per heavy atom. The van der Waals surface area contributed by atoms with Crippen LogP contribution in [0.4, 0.5) is 0 Å². The summed E-state index contributed by atoms with van der Waals surface area (Å²) in [5.41, 5.74) is -1.03. The van der Waals surface area contributed by atoms with E-state index in [2.05, 4.69) is 12.8 Å². The number of fused-ring (bicyclic) bond motifs is 5. The van der Waals surface area contributed by atoms with Gasteiger partial charge in [-0.3, -0.25) is 0 Å². The number of rotatable bonds is 3. The first-order chi connectivity index (χ1) is 14.3. The molecule has 168 valence electrons. The summed E-state index contributed by atoms with van der Waals surface area (Å²) in [6.45, 7) is 3.44. The second-order valence-electron chi connectivity index (χ2n) is 11.2. The van der Waals surface area contributed by atoms with E-state index in [0.717, 1.165) is 51.4 Å². The maximum Gasteiger partial charge on any atom is 0.195 e. The molecule has 0 aromatic rings. The Hall–Kier alpha value is -0.640. The van der Waals surface area contributed by atoms with Crippen molar-refractivity contribution in [1.29, 1.82) is 0 Å². The van der Waals surface area contributed by atoms with E-state index in [1.165, 1.54) is 0 Å². The molecule has 1 aliphatic heterocycles. The number of aliphatic hydroxyl groups excluding tert-OH is 2. The van der Waals surface area contributed by atoms with E-state index in [1.807, 2.05) is 0 Å². The van der Waals surface area contributed by atoms with Crippen LogP contribution in [0.1, 0.15) is 71.1 Å². The molecule has 1 saturated heterocycles. The van der Waals surface area contributed by atoms with Crippen molar-refractivity contribution < 1.29 is 24.8 Å². The molecule has 0 spiro atoms. The van der Waals surface area contributed by atoms with E-state index in [9.17, 15) is 15.3 Å². The smallest absolute Gasteiger partial charge is 0.195 e. The average Bonchev–Trinajstić information content (AvgIpc) is 3.33. The van der Waals surface area contributed by atoms with Gasteiger partial charge in [-0.05, 0) is 74.5 Å². The third kappa shape index (κ3) is 2.67. The Balaban J connectivity index is 1.47. The third-order valence-corrected chi connectivity index (χ3v) is 10.4. The van der Waals surface area contributed by atoms with Crippen LogP contribution in [-0.2, 0) is 9.47 Å². The summed E-state index contributed by atoms with van der Waals surface area (Å²) >= 11 is 0. The van der Waals surface area contributed by atoms with Crippen LogP contribution < -0.4 is 0 Å². The molecule has 1 heterocycles. The molecule has 5 aliphatic rings. The van der Waals surface area contributed by atoms with Gasteiger partial charge < -0.3 is 24.8 Å². The molecule has 0 amide bonds. The monoisotopic (exact) mass is 418 g/mol. The molecule has 5 heteroatoms. The van der Waals surface area contributed by atoms with E-state index in [-0.39, 0.29) is 23.4 Å². The number of hydrogen-bond donors (Lipinski definition) is 3. The minimum Gasteiger partial charge on any atom is -0.393 e. The Morgan fingerprint density at radius 2 is 1.77 bits per heavy atom. The molecule has 0 aromatic heterocycles. The molecule has 0 radical (unpaired) electrons. The van der Waals surface area contributed by atoms with E-state index in [1.54, 1.807) is 0 Å². The van der Waals surface area contributed by atoms with E-state index in [4.69, 9.17) is 15.9 Å². The molecule has 0 bridgehead atoms. The molecule has 5 rings (SSSR count). The first kappa shape index (κ1) is 21.2. The predicted molar refractivity (Wildman–Crippen MR) is 112 cm³/mol. The van der Waals surface area contributed by atoms with Gasteiger partial charge in [0.15, 0.2) is 5.79 Å². The minimum absolute atomic E-state index is 0.0766. The summed E-state index contributed by atoms with van der Waals surface area (Å²) in [4.78, 5) is 0. The van der Waals surface area contributed by atoms with Gasteiger partial charge in [-0.25, -0.2) is 0 Å². The number of hydrogen-bond acceptors (Lipinski definition) is 5. The number of terminal acetylenes is 1. The maximum atomic E-state index is 11.8. The Morgan fingerprint density at radius 1 is 1.00 bits per heavy atom. The molecule has 0 unspecified atom stereocenters. The van der Waals surface area contributed by atoms with Gasteiger partial charge in [-0.1, -0.05) is 6.92 Å². The minimum atomic E-state index is -0.839. The van der Waals surface area contributed by atoms with Crippen LogP contribution in [0.5, 0.6) is 0 Å². The van der Waals surface area contributed by atoms with Crippen LogP contribution in [-0.4, -0.2) is 52.6 Å². The zero-order chi connectivity index (χ0) is 21.2. The second kappa shape index (κ2) is 7.18. The Kier molecular flexibility index (Phi) is 5.08. The van der Waals surface area contributed by atoms with Crippen molar-refractivity contribution in [2.24, 2.45) is 34.5 Å². The molecule has 5 nitrogen and oxygen atoms in total. The van der Waals surface area contributed by atoms with Crippen molar-refractivity contribution in [3.63, 3.8) is 0 Å². The molecule has 8 atom stereocenters. The van der Waals surface area contributed by atoms with Crippen molar-refractivity contribution >= 4 is 0 Å². The Labute approximate surface area is 180 Å². The topological polar surface area (TPSA) is 79.2 Å². The van der Waals surface area contributed by atoms with E-state index >= 15 is 0 Å². The molecule has 30 heavy (non-hydrogen) atoms. The summed E-state index contributed by atoms with van der Waals surface area (Å²) < 4.78 is 12.1. The standard InChI is InChI=1S/C25H38O5/c1-3-9-23-11-6-17(27)15-24(23,28)12-7-18-19-4-5-21(22(19,2)10-8-20(18)23)25(16-26)29-13-14-30-25/h1,17-21,26-28H,4-16H2,2H3/t17-,18-,19-,20-,21-,22-,23+,24+/m0/s1. The molecule has 4 aliphatic carbocycles. The highest BCUT2D eigenvalue weighted by Crippen LogP contribution is 2.70. The lowest BCUT2D eigenvalue weighted by molar-refractivity contribution is -0.257. The largest absolute Gasteiger partial charge is 0.393 e. The van der Waals surface area contributed by atoms with Gasteiger partial charge in [0, 0.05) is 24.2 Å². The van der Waals surface area contributed by atoms with Crippen molar-refractivity contribution in [3.8, 4) is 12.3 Å². The highest BCUT2D eigenvalue weighted by Gasteiger charge is 2.68. The SMILES string of the molecule is C#CC[C@]12CC[C@H](O)C[C@]1(O)CC[C@H]1[C@@H]3CC[C@H](C4(CO)OCCO4)[C@@]3(C)CC[C@@H]12. The van der Waals surface area contributed by atoms with Crippen LogP contribution >= 0.6 is 0 Å². The zero-order valence-corrected chi connectivity index (χ0v) is 18.3. The van der Waals surface area contributed by atoms with E-state index in [0.29, 0.717) is 43.8 Å². The van der Waals surface area contributed by atoms with Gasteiger partial charge in [0.2, 0.25) is 0 Å². The molecular formula is C25H38O5. The molecule has 5 fully saturated rings. The highest BCUT2D eigenvalue weighted by atomic mass is 16.7. The molecule has 4 saturated carbocycles. The van der Waals surface area contributed by atoms with Gasteiger partial charge in [0.05, 0.1) is 31.5 Å². The van der Waals surface area contributed by atoms with Crippen molar-refractivity contribution in [1.82, 2.24) is 0 Å². The van der Waals surface area contributed by atoms with Crippen molar-refractivity contribution in [3.05, 3.63) is 0 Å². The lowest BCUT2D eigenvalue weighted by Gasteiger charge is -2.65. The number of aliphatic hydroxyl groups is 3. The zero-order valence-electron chi connectivity index (χ0n) is 18.3. The molecule has 0 aromatic carbocycles. The summed E-state index contributed by atoms with van der Waals surface area (Å²) in [5, 5.41) is 32.3. The normalized spacial score (nSPS) is 52.2. The van der Waals surface area contributed by atoms with E-state index < -0.39 is 17.5 Å². The van der Waals surface area contributed by atoms with Crippen molar-refractivity contribution in [2.45, 2.75) is 88.6 Å². The van der Waals surface area contributed by atoms with Crippen LogP contribution in [0.15, 0.2) is 0 Å². The molecular weight excluding hydrogens is 380 g/mol. The first-order valence-corrected chi connectivity index (χ1v) is 12.1. The van der Waals surface area contributed by atoms with Gasteiger partial charge in [0.25, 0.3) is 0 Å². The van der Waals surface area contributed by atoms with Gasteiger partial charge in [-0.2, -0.15) is 0 Å². The fourth-order valence-electron chi connectivity index (χ4n) is 9.18. The maximum absolute atomic E-state index is 11.8. The fraction of sp³-hybridized carbons (Fsp3) is 0.920. The first-order valence-electron chi connectivity index (χ1n) is 12.1. The van der Waals surface area contributed by atoms with Crippen LogP contribution in [0.2, 0.25) is 0 Å². The third-order valence-electron chi connectivity index (χ3n) is 10.4. The molecule has 3 N–H and O–H groups in total. The number of ether oxygens (including phenoxy) is 2. The van der Waals surface area contributed by atoms with Gasteiger partial charge >= 0.3 is 0 Å². The van der Waals surface area contributed by atoms with Crippen LogP contribution in [0, 0.1) is 46.8 Å². The van der Waals surface area contributed by atoms with Crippen LogP contribution in [0.3, 0.4) is 0 Å². The van der Waals surface area contributed by atoms with Gasteiger partial charge in [0.1, 0.15) is 0 Å². The highest BCUT2D eigenvalue weighted by molar-refractivity contribution is 5.18. The average molecular weight is 419 g/mol. The summed E-state index contributed by atoms with van der Waals surface area (Å²) in [5.74, 6) is 3.79. The lowest BCUT2D eigenvalue weighted by atomic mass is 9.42. The lowest BCUT2D eigenvalue weighted by Crippen LogP contribution is -2.64. The van der Waals surface area contributed by atoms with Gasteiger partial charge in [-0.15, -0.1) is 12.3 Å². The van der Waals surface area contributed by atoms with Crippen LogP contribution in [0.25, 0.3) is 0 Å². The fourth-order valence-corrected chi connectivity index (χ4v) is 9.18. The van der Waals surface area contributed by atoms with Crippen molar-refractivity contribution in [2.75, 3.05) is 19.8 Å². The summed E-state index contributed by atoms with van der Waals surface area (Å²) in [7, 11) is 0. The quantitative estimate of drug-likeness (QED) is 0.614. The summed E-state index contributed by atoms with van der Waals surface area (Å²) in [6, 6.07) is 0. The second-order valence-corrected chi connectivity index (χ2v) is 11.2. The predicted octanol–water partition coefficient (Wildman–Crippen LogP) is 2.86.